The quantitative estimate of drug-likeness (QED) is 0.0158. The van der Waals surface area contributed by atoms with E-state index in [1.807, 2.05) is 0 Å². The molecule has 0 unspecified atom stereocenters. The first-order valence-corrected chi connectivity index (χ1v) is 23.0. The normalized spacial score (nSPS) is 13.7. The van der Waals surface area contributed by atoms with Gasteiger partial charge in [-0.1, -0.05) is 0 Å². The lowest BCUT2D eigenvalue weighted by Crippen LogP contribution is -2.59. The van der Waals surface area contributed by atoms with Crippen LogP contribution in [0.15, 0.2) is 15.0 Å². The zero-order chi connectivity index (χ0) is 56.3. The molecule has 33 heteroatoms. The second kappa shape index (κ2) is 37.5. The number of carboxylic acids is 3. The van der Waals surface area contributed by atoms with Gasteiger partial charge in [-0.05, 0) is 103 Å². The Hall–Kier alpha value is -7.29. The molecular weight excluding hydrogens is 982 g/mol. The number of alkyl halides is 3. The van der Waals surface area contributed by atoms with Crippen molar-refractivity contribution in [3.8, 4) is 0 Å². The van der Waals surface area contributed by atoms with Gasteiger partial charge in [0.1, 0.15) is 36.3 Å². The third kappa shape index (κ3) is 33.8. The average molecular weight is 1060 g/mol. The number of hydrogen-bond acceptors (Lipinski definition) is 15. The lowest BCUT2D eigenvalue weighted by Gasteiger charge is -2.27. The van der Waals surface area contributed by atoms with E-state index >= 15 is 0 Å². The topological polar surface area (TPSA) is 558 Å². The number of guanidine groups is 3. The minimum atomic E-state index is -5.08. The van der Waals surface area contributed by atoms with Crippen molar-refractivity contribution in [3.05, 3.63) is 0 Å². The van der Waals surface area contributed by atoms with Crippen molar-refractivity contribution in [2.45, 2.75) is 145 Å². The van der Waals surface area contributed by atoms with Crippen LogP contribution in [-0.4, -0.2) is 168 Å². The van der Waals surface area contributed by atoms with E-state index < -0.39 is 115 Å². The monoisotopic (exact) mass is 1060 g/mol. The number of nitrogens with two attached hydrogens (primary N) is 9. The number of carbonyl (C=O) groups is 9. The fraction of sp³-hybridized carbons (Fsp3) is 0.700. The summed E-state index contributed by atoms with van der Waals surface area (Å²) in [6.07, 6.45) is -3.41. The summed E-state index contributed by atoms with van der Waals surface area (Å²) >= 11 is 0. The number of amides is 6. The smallest absolute Gasteiger partial charge is 0.481 e. The van der Waals surface area contributed by atoms with Gasteiger partial charge in [-0.2, -0.15) is 13.2 Å². The molecule has 0 aromatic rings. The molecule has 7 atom stereocenters. The molecule has 6 amide bonds. The van der Waals surface area contributed by atoms with Crippen molar-refractivity contribution >= 4 is 71.2 Å². The van der Waals surface area contributed by atoms with Gasteiger partial charge < -0.3 is 98.8 Å². The van der Waals surface area contributed by atoms with Gasteiger partial charge >= 0.3 is 24.1 Å². The van der Waals surface area contributed by atoms with Crippen molar-refractivity contribution in [1.82, 2.24) is 31.9 Å². The summed E-state index contributed by atoms with van der Waals surface area (Å²) in [6.45, 7) is 2.22. The molecule has 0 radical (unpaired) electrons. The molecule has 0 saturated heterocycles. The largest absolute Gasteiger partial charge is 0.490 e. The van der Waals surface area contributed by atoms with Gasteiger partial charge in [-0.25, -0.2) is 9.59 Å². The first-order chi connectivity index (χ1) is 34.1. The molecule has 0 bridgehead atoms. The molecule has 73 heavy (non-hydrogen) atoms. The average Bonchev–Trinajstić information content (AvgIpc) is 3.29. The maximum absolute atomic E-state index is 13.8. The summed E-state index contributed by atoms with van der Waals surface area (Å²) in [7, 11) is 0. The van der Waals surface area contributed by atoms with E-state index in [2.05, 4.69) is 46.9 Å². The summed E-state index contributed by atoms with van der Waals surface area (Å²) in [4.78, 5) is 125. The second-order valence-electron chi connectivity index (χ2n) is 16.1. The van der Waals surface area contributed by atoms with Gasteiger partial charge in [0.15, 0.2) is 17.9 Å². The van der Waals surface area contributed by atoms with Crippen LogP contribution in [0.3, 0.4) is 0 Å². The predicted molar refractivity (Wildman–Crippen MR) is 259 cm³/mol. The highest BCUT2D eigenvalue weighted by atomic mass is 19.4. The fourth-order valence-corrected chi connectivity index (χ4v) is 6.02. The van der Waals surface area contributed by atoms with E-state index in [4.69, 9.17) is 66.6 Å². The highest BCUT2D eigenvalue weighted by Gasteiger charge is 2.38. The van der Waals surface area contributed by atoms with Crippen LogP contribution in [0.25, 0.3) is 0 Å². The molecule has 30 nitrogen and oxygen atoms in total. The highest BCUT2D eigenvalue weighted by molar-refractivity contribution is 5.97. The molecule has 0 heterocycles. The second-order valence-corrected chi connectivity index (χ2v) is 16.1. The van der Waals surface area contributed by atoms with Crippen molar-refractivity contribution < 1.29 is 71.6 Å². The Balaban J connectivity index is 0. The number of carbonyl (C=O) groups excluding carboxylic acids is 6. The van der Waals surface area contributed by atoms with Crippen molar-refractivity contribution in [2.75, 3.05) is 32.7 Å². The van der Waals surface area contributed by atoms with Gasteiger partial charge in [0.2, 0.25) is 35.4 Å². The summed E-state index contributed by atoms with van der Waals surface area (Å²) in [6, 6.07) is -9.05. The molecule has 0 aromatic carbocycles. The predicted octanol–water partition coefficient (Wildman–Crippen LogP) is -5.76. The number of carboxylic acid groups (broad SMARTS) is 3. The molecule has 0 aromatic heterocycles. The molecule has 27 N–H and O–H groups in total. The molecule has 0 rings (SSSR count). The first kappa shape index (κ1) is 67.8. The van der Waals surface area contributed by atoms with Crippen molar-refractivity contribution in [3.63, 3.8) is 0 Å². The standard InChI is InChI=1S/C38H74N18O10.C2HF3O2/c1-21(29(59)52-26(13-8-20-50-38(46)47)33(63)54-24(11-3-5-17-40)34(64)56-27(35(65)66)14-15-28(57)58)51-31(61)25(12-7-19-49-37(44)45)55-32(62)23(10-2-4-16-39)53-30(60)22(41)9-6-18-48-36(42)43;3-2(4,5)1(6)7/h21-27H,2-20,39-41H2,1H3,(H,51,61)(H,52,59)(H,53,60)(H,54,63)(H,55,62)(H,56,64)(H,57,58)(H,65,66)(H4,42,43,48)(H4,44,45,49)(H4,46,47,50);(H,6,7)/t21-,22-,23-,24-,25-,26-,27-;/m0./s1. The zero-order valence-electron chi connectivity index (χ0n) is 40.7. The van der Waals surface area contributed by atoms with Gasteiger partial charge in [-0.3, -0.25) is 48.5 Å². The maximum Gasteiger partial charge on any atom is 0.490 e. The third-order valence-electron chi connectivity index (χ3n) is 9.88. The summed E-state index contributed by atoms with van der Waals surface area (Å²) < 4.78 is 31.7. The van der Waals surface area contributed by atoms with Crippen molar-refractivity contribution in [2.24, 2.45) is 66.6 Å². The van der Waals surface area contributed by atoms with E-state index in [9.17, 15) is 56.6 Å². The Morgan fingerprint density at radius 1 is 0.466 bits per heavy atom. The SMILES string of the molecule is C[C@H](NC(=O)[C@H](CCCN=C(N)N)NC(=O)[C@H](CCCCN)NC(=O)[C@@H](N)CCCN=C(N)N)C(=O)N[C@@H](CCCN=C(N)N)C(=O)N[C@@H](CCCCN)C(=O)N[C@@H](CCC(=O)O)C(=O)O.O=C(O)C(F)(F)F. The van der Waals surface area contributed by atoms with Crippen LogP contribution in [0, 0.1) is 0 Å². The Morgan fingerprint density at radius 3 is 1.11 bits per heavy atom. The minimum Gasteiger partial charge on any atom is -0.481 e. The molecule has 0 spiro atoms. The number of rotatable bonds is 36. The number of hydrogen-bond donors (Lipinski definition) is 18. The van der Waals surface area contributed by atoms with Crippen LogP contribution in [-0.2, 0) is 43.2 Å². The Bertz CT molecular complexity index is 1870. The number of halogens is 3. The van der Waals surface area contributed by atoms with Crippen LogP contribution in [0.4, 0.5) is 13.2 Å². The van der Waals surface area contributed by atoms with E-state index in [1.165, 1.54) is 6.92 Å². The summed E-state index contributed by atoms with van der Waals surface area (Å²) in [5.74, 6) is -10.9. The number of aliphatic imine (C=N–C) groups is 3. The van der Waals surface area contributed by atoms with Gasteiger partial charge in [0.25, 0.3) is 0 Å². The molecule has 0 aliphatic rings. The molecule has 0 aliphatic heterocycles. The lowest BCUT2D eigenvalue weighted by molar-refractivity contribution is -0.192. The number of nitrogens with one attached hydrogen (secondary N) is 6. The molecule has 0 aliphatic carbocycles. The van der Waals surface area contributed by atoms with Crippen LogP contribution in [0.5, 0.6) is 0 Å². The summed E-state index contributed by atoms with van der Waals surface area (Å²) in [5.41, 5.74) is 49.8. The molecule has 0 saturated carbocycles. The van der Waals surface area contributed by atoms with E-state index in [-0.39, 0.29) is 89.0 Å². The van der Waals surface area contributed by atoms with Gasteiger partial charge in [0.05, 0.1) is 6.04 Å². The molecular formula is C40H75F3N18O12. The van der Waals surface area contributed by atoms with Gasteiger partial charge in [0, 0.05) is 26.1 Å². The minimum absolute atomic E-state index is 0.00250. The zero-order valence-corrected chi connectivity index (χ0v) is 40.7. The van der Waals surface area contributed by atoms with E-state index in [0.717, 1.165) is 0 Å². The van der Waals surface area contributed by atoms with E-state index in [1.54, 1.807) is 0 Å². The van der Waals surface area contributed by atoms with Crippen LogP contribution in [0.1, 0.15) is 96.8 Å². The van der Waals surface area contributed by atoms with Crippen LogP contribution in [0.2, 0.25) is 0 Å². The van der Waals surface area contributed by atoms with Gasteiger partial charge in [-0.15, -0.1) is 0 Å². The highest BCUT2D eigenvalue weighted by Crippen LogP contribution is 2.13. The molecule has 0 fully saturated rings. The fourth-order valence-electron chi connectivity index (χ4n) is 6.02. The molecule has 418 valence electrons. The maximum atomic E-state index is 13.8. The Labute approximate surface area is 418 Å². The van der Waals surface area contributed by atoms with Crippen LogP contribution < -0.4 is 83.5 Å². The summed E-state index contributed by atoms with van der Waals surface area (Å²) in [5, 5.41) is 40.9. The lowest BCUT2D eigenvalue weighted by atomic mass is 10.0. The number of aliphatic carboxylic acids is 3. The Kier molecular flexibility index (Phi) is 34.8. The Morgan fingerprint density at radius 2 is 0.781 bits per heavy atom. The van der Waals surface area contributed by atoms with E-state index in [0.29, 0.717) is 38.6 Å². The number of unbranched alkanes of at least 4 members (excludes halogenated alkanes) is 2. The van der Waals surface area contributed by atoms with Crippen molar-refractivity contribution in [1.29, 1.82) is 0 Å². The third-order valence-corrected chi connectivity index (χ3v) is 9.88. The first-order valence-electron chi connectivity index (χ1n) is 23.0. The van der Waals surface area contributed by atoms with Crippen LogP contribution >= 0.6 is 0 Å². The number of nitrogens with zero attached hydrogens (tertiary/aromatic N) is 3.